The van der Waals surface area contributed by atoms with Crippen LogP contribution in [0.4, 0.5) is 5.82 Å². The molecule has 3 rings (SSSR count). The lowest BCUT2D eigenvalue weighted by Gasteiger charge is -2.36. The second-order valence-electron chi connectivity index (χ2n) is 5.80. The Bertz CT molecular complexity index is 440. The summed E-state index contributed by atoms with van der Waals surface area (Å²) in [5.41, 5.74) is 8.24. The molecule has 0 unspecified atom stereocenters. The van der Waals surface area contributed by atoms with Crippen molar-refractivity contribution in [1.82, 2.24) is 14.9 Å². The molecular formula is C15H25N5. The predicted octanol–water partition coefficient (Wildman–Crippen LogP) is 0.826. The largest absolute Gasteiger partial charge is 0.354 e. The van der Waals surface area contributed by atoms with Crippen LogP contribution in [0.2, 0.25) is 0 Å². The second kappa shape index (κ2) is 6.50. The Morgan fingerprint density at radius 2 is 1.90 bits per heavy atom. The molecule has 1 aliphatic heterocycles. The SMILES string of the molecule is NCCCCN1CCN(c2ncnc3c2CCC3)CC1. The third kappa shape index (κ3) is 2.94. The van der Waals surface area contributed by atoms with Crippen molar-refractivity contribution in [3.05, 3.63) is 17.6 Å². The molecule has 0 radical (unpaired) electrons. The molecule has 0 saturated carbocycles. The normalized spacial score (nSPS) is 19.4. The maximum atomic E-state index is 5.55. The van der Waals surface area contributed by atoms with Crippen LogP contribution in [0.5, 0.6) is 0 Å². The van der Waals surface area contributed by atoms with Gasteiger partial charge in [0.1, 0.15) is 12.1 Å². The second-order valence-corrected chi connectivity index (χ2v) is 5.80. The lowest BCUT2D eigenvalue weighted by Crippen LogP contribution is -2.47. The molecule has 110 valence electrons. The molecule has 0 aromatic carbocycles. The third-order valence-electron chi connectivity index (χ3n) is 4.45. The van der Waals surface area contributed by atoms with Crippen LogP contribution in [0.25, 0.3) is 0 Å². The van der Waals surface area contributed by atoms with Crippen molar-refractivity contribution >= 4 is 5.82 Å². The zero-order valence-corrected chi connectivity index (χ0v) is 12.2. The van der Waals surface area contributed by atoms with E-state index in [0.29, 0.717) is 0 Å². The number of aromatic nitrogens is 2. The molecule has 1 fully saturated rings. The van der Waals surface area contributed by atoms with E-state index in [1.165, 1.54) is 36.5 Å². The van der Waals surface area contributed by atoms with Crippen LogP contribution in [0, 0.1) is 0 Å². The average molecular weight is 275 g/mol. The lowest BCUT2D eigenvalue weighted by molar-refractivity contribution is 0.253. The number of fused-ring (bicyclic) bond motifs is 1. The molecule has 0 bridgehead atoms. The van der Waals surface area contributed by atoms with Gasteiger partial charge in [0.05, 0.1) is 0 Å². The van der Waals surface area contributed by atoms with E-state index >= 15 is 0 Å². The first-order chi connectivity index (χ1) is 9.88. The van der Waals surface area contributed by atoms with Gasteiger partial charge in [-0.15, -0.1) is 0 Å². The van der Waals surface area contributed by atoms with Gasteiger partial charge in [0.25, 0.3) is 0 Å². The summed E-state index contributed by atoms with van der Waals surface area (Å²) < 4.78 is 0. The zero-order chi connectivity index (χ0) is 13.8. The van der Waals surface area contributed by atoms with E-state index in [4.69, 9.17) is 5.73 Å². The average Bonchev–Trinajstić information content (AvgIpc) is 2.97. The fourth-order valence-corrected chi connectivity index (χ4v) is 3.28. The van der Waals surface area contributed by atoms with Gasteiger partial charge in [-0.25, -0.2) is 9.97 Å². The number of aryl methyl sites for hydroxylation is 1. The predicted molar refractivity (Wildman–Crippen MR) is 81.0 cm³/mol. The number of anilines is 1. The summed E-state index contributed by atoms with van der Waals surface area (Å²) in [6.45, 7) is 6.46. The highest BCUT2D eigenvalue weighted by Crippen LogP contribution is 2.28. The van der Waals surface area contributed by atoms with E-state index in [1.54, 1.807) is 6.33 Å². The number of rotatable bonds is 5. The van der Waals surface area contributed by atoms with E-state index in [0.717, 1.165) is 52.0 Å². The number of unbranched alkanes of at least 4 members (excludes halogenated alkanes) is 1. The highest BCUT2D eigenvalue weighted by molar-refractivity contribution is 5.50. The van der Waals surface area contributed by atoms with E-state index in [1.807, 2.05) is 0 Å². The minimum Gasteiger partial charge on any atom is -0.354 e. The first-order valence-electron chi connectivity index (χ1n) is 7.88. The van der Waals surface area contributed by atoms with Gasteiger partial charge in [-0.05, 0) is 45.2 Å². The van der Waals surface area contributed by atoms with Gasteiger partial charge in [0.15, 0.2) is 0 Å². The molecule has 5 nitrogen and oxygen atoms in total. The van der Waals surface area contributed by atoms with Gasteiger partial charge in [-0.2, -0.15) is 0 Å². The number of nitrogens with two attached hydrogens (primary N) is 1. The van der Waals surface area contributed by atoms with Crippen molar-refractivity contribution in [2.24, 2.45) is 5.73 Å². The summed E-state index contributed by atoms with van der Waals surface area (Å²) in [5.74, 6) is 1.20. The molecule has 20 heavy (non-hydrogen) atoms. The summed E-state index contributed by atoms with van der Waals surface area (Å²) in [7, 11) is 0. The maximum Gasteiger partial charge on any atom is 0.135 e. The Morgan fingerprint density at radius 1 is 1.05 bits per heavy atom. The van der Waals surface area contributed by atoms with E-state index in [-0.39, 0.29) is 0 Å². The molecule has 1 aromatic rings. The standard InChI is InChI=1S/C15H25N5/c16-6-1-2-7-19-8-10-20(11-9-19)15-13-4-3-5-14(13)17-12-18-15/h12H,1-11,16H2. The van der Waals surface area contributed by atoms with Gasteiger partial charge in [0.2, 0.25) is 0 Å². The highest BCUT2D eigenvalue weighted by Gasteiger charge is 2.23. The van der Waals surface area contributed by atoms with E-state index in [9.17, 15) is 0 Å². The van der Waals surface area contributed by atoms with Crippen LogP contribution in [0.15, 0.2) is 6.33 Å². The van der Waals surface area contributed by atoms with Crippen LogP contribution >= 0.6 is 0 Å². The summed E-state index contributed by atoms with van der Waals surface area (Å²) in [6.07, 6.45) is 7.62. The van der Waals surface area contributed by atoms with Crippen molar-refractivity contribution in [3.63, 3.8) is 0 Å². The summed E-state index contributed by atoms with van der Waals surface area (Å²) >= 11 is 0. The summed E-state index contributed by atoms with van der Waals surface area (Å²) in [6, 6.07) is 0. The molecule has 0 amide bonds. The molecule has 0 spiro atoms. The molecule has 5 heteroatoms. The Morgan fingerprint density at radius 3 is 2.70 bits per heavy atom. The van der Waals surface area contributed by atoms with Gasteiger partial charge in [0, 0.05) is 37.4 Å². The molecule has 2 heterocycles. The lowest BCUT2D eigenvalue weighted by atomic mass is 10.2. The van der Waals surface area contributed by atoms with Crippen LogP contribution in [-0.4, -0.2) is 54.1 Å². The Labute approximate surface area is 121 Å². The van der Waals surface area contributed by atoms with Crippen molar-refractivity contribution in [2.45, 2.75) is 32.1 Å². The number of nitrogens with zero attached hydrogens (tertiary/aromatic N) is 4. The molecule has 1 saturated heterocycles. The summed E-state index contributed by atoms with van der Waals surface area (Å²) in [4.78, 5) is 14.0. The van der Waals surface area contributed by atoms with E-state index in [2.05, 4.69) is 19.8 Å². The minimum absolute atomic E-state index is 0.813. The van der Waals surface area contributed by atoms with Crippen LogP contribution in [0.3, 0.4) is 0 Å². The van der Waals surface area contributed by atoms with Gasteiger partial charge >= 0.3 is 0 Å². The third-order valence-corrected chi connectivity index (χ3v) is 4.45. The topological polar surface area (TPSA) is 58.3 Å². The van der Waals surface area contributed by atoms with Crippen molar-refractivity contribution in [2.75, 3.05) is 44.2 Å². The molecule has 1 aliphatic carbocycles. The molecule has 2 N–H and O–H groups in total. The number of piperazine rings is 1. The fourth-order valence-electron chi connectivity index (χ4n) is 3.28. The Hall–Kier alpha value is -1.20. The number of hydrogen-bond donors (Lipinski definition) is 1. The first-order valence-corrected chi connectivity index (χ1v) is 7.88. The smallest absolute Gasteiger partial charge is 0.135 e. The zero-order valence-electron chi connectivity index (χ0n) is 12.2. The van der Waals surface area contributed by atoms with Crippen molar-refractivity contribution < 1.29 is 0 Å². The van der Waals surface area contributed by atoms with Crippen LogP contribution in [-0.2, 0) is 12.8 Å². The Balaban J connectivity index is 1.57. The van der Waals surface area contributed by atoms with Gasteiger partial charge in [-0.1, -0.05) is 0 Å². The van der Waals surface area contributed by atoms with Crippen LogP contribution in [0.1, 0.15) is 30.5 Å². The van der Waals surface area contributed by atoms with Gasteiger partial charge in [-0.3, -0.25) is 4.90 Å². The highest BCUT2D eigenvalue weighted by atomic mass is 15.3. The van der Waals surface area contributed by atoms with Crippen molar-refractivity contribution in [1.29, 1.82) is 0 Å². The van der Waals surface area contributed by atoms with E-state index < -0.39 is 0 Å². The molecule has 1 aromatic heterocycles. The molecular weight excluding hydrogens is 250 g/mol. The fraction of sp³-hybridized carbons (Fsp3) is 0.733. The molecule has 2 aliphatic rings. The van der Waals surface area contributed by atoms with Crippen LogP contribution < -0.4 is 10.6 Å². The van der Waals surface area contributed by atoms with Crippen molar-refractivity contribution in [3.8, 4) is 0 Å². The van der Waals surface area contributed by atoms with Gasteiger partial charge < -0.3 is 10.6 Å². The first kappa shape index (κ1) is 13.8. The number of hydrogen-bond acceptors (Lipinski definition) is 5. The minimum atomic E-state index is 0.813. The maximum absolute atomic E-state index is 5.55. The Kier molecular flexibility index (Phi) is 4.47. The molecule has 0 atom stereocenters. The monoisotopic (exact) mass is 275 g/mol. The summed E-state index contributed by atoms with van der Waals surface area (Å²) in [5, 5.41) is 0. The quantitative estimate of drug-likeness (QED) is 0.807.